The molecular weight excluding hydrogens is 320 g/mol. The third-order valence-corrected chi connectivity index (χ3v) is 4.40. The number of fused-ring (bicyclic) bond motifs is 1. The molecule has 1 aromatic carbocycles. The zero-order valence-electron chi connectivity index (χ0n) is 12.3. The van der Waals surface area contributed by atoms with E-state index in [1.54, 1.807) is 35.8 Å². The van der Waals surface area contributed by atoms with Crippen molar-refractivity contribution in [3.63, 3.8) is 0 Å². The summed E-state index contributed by atoms with van der Waals surface area (Å²) in [6.45, 7) is 5.67. The Kier molecular flexibility index (Phi) is 5.80. The van der Waals surface area contributed by atoms with Crippen molar-refractivity contribution in [3.8, 4) is 0 Å². The van der Waals surface area contributed by atoms with Gasteiger partial charge in [-0.15, -0.1) is 6.58 Å². The zero-order valence-corrected chi connectivity index (χ0v) is 13.9. The van der Waals surface area contributed by atoms with Crippen LogP contribution in [0.3, 0.4) is 0 Å². The third-order valence-electron chi connectivity index (χ3n) is 3.10. The summed E-state index contributed by atoms with van der Waals surface area (Å²) >= 11 is 7.45. The summed E-state index contributed by atoms with van der Waals surface area (Å²) in [7, 11) is 0. The lowest BCUT2D eigenvalue weighted by atomic mass is 10.2. The van der Waals surface area contributed by atoms with E-state index in [9.17, 15) is 9.59 Å². The van der Waals surface area contributed by atoms with Gasteiger partial charge in [0.2, 0.25) is 0 Å². The SMILES string of the molecule is C=CCn1c(SCCCC(C)=O)nc2cc(Cl)ccc2c1=O. The number of aromatic nitrogens is 2. The first-order valence-corrected chi connectivity index (χ1v) is 8.32. The summed E-state index contributed by atoms with van der Waals surface area (Å²) in [5.41, 5.74) is 0.488. The summed E-state index contributed by atoms with van der Waals surface area (Å²) < 4.78 is 1.60. The maximum absolute atomic E-state index is 12.6. The smallest absolute Gasteiger partial charge is 0.262 e. The van der Waals surface area contributed by atoms with E-state index in [0.29, 0.717) is 34.0 Å². The van der Waals surface area contributed by atoms with Gasteiger partial charge < -0.3 is 4.79 Å². The van der Waals surface area contributed by atoms with E-state index in [-0.39, 0.29) is 11.3 Å². The van der Waals surface area contributed by atoms with Gasteiger partial charge in [0, 0.05) is 23.7 Å². The van der Waals surface area contributed by atoms with Gasteiger partial charge in [-0.05, 0) is 31.5 Å². The molecule has 0 N–H and O–H groups in total. The molecule has 0 saturated carbocycles. The molecular formula is C16H17ClN2O2S. The lowest BCUT2D eigenvalue weighted by Crippen LogP contribution is -2.22. The monoisotopic (exact) mass is 336 g/mol. The normalized spacial score (nSPS) is 10.8. The minimum atomic E-state index is -0.101. The van der Waals surface area contributed by atoms with Gasteiger partial charge in [-0.1, -0.05) is 29.4 Å². The number of Topliss-reactive ketones (excluding diaryl/α,β-unsaturated/α-hetero) is 1. The largest absolute Gasteiger partial charge is 0.300 e. The van der Waals surface area contributed by atoms with E-state index < -0.39 is 0 Å². The van der Waals surface area contributed by atoms with Crippen molar-refractivity contribution in [2.45, 2.75) is 31.5 Å². The number of benzene rings is 1. The molecule has 0 unspecified atom stereocenters. The first kappa shape index (κ1) is 16.8. The van der Waals surface area contributed by atoms with Crippen LogP contribution >= 0.6 is 23.4 Å². The Morgan fingerprint density at radius 2 is 2.27 bits per heavy atom. The Morgan fingerprint density at radius 3 is 2.95 bits per heavy atom. The summed E-state index contributed by atoms with van der Waals surface area (Å²) in [6, 6.07) is 5.07. The highest BCUT2D eigenvalue weighted by molar-refractivity contribution is 7.99. The van der Waals surface area contributed by atoms with Gasteiger partial charge in [-0.2, -0.15) is 0 Å². The maximum Gasteiger partial charge on any atom is 0.262 e. The van der Waals surface area contributed by atoms with E-state index in [4.69, 9.17) is 11.6 Å². The van der Waals surface area contributed by atoms with Crippen LogP contribution < -0.4 is 5.56 Å². The number of ketones is 1. The van der Waals surface area contributed by atoms with Crippen LogP contribution in [0.15, 0.2) is 40.8 Å². The quantitative estimate of drug-likeness (QED) is 0.335. The average molecular weight is 337 g/mol. The topological polar surface area (TPSA) is 52.0 Å². The van der Waals surface area contributed by atoms with Crippen molar-refractivity contribution in [3.05, 3.63) is 46.2 Å². The second-order valence-electron chi connectivity index (χ2n) is 4.91. The Hall–Kier alpha value is -1.59. The molecule has 0 atom stereocenters. The molecule has 0 bridgehead atoms. The standard InChI is InChI=1S/C16H17ClN2O2S/c1-3-8-19-15(21)13-7-6-12(17)10-14(13)18-16(19)22-9-4-5-11(2)20/h3,6-7,10H,1,4-5,8-9H2,2H3. The van der Waals surface area contributed by atoms with Crippen LogP contribution in [0, 0.1) is 0 Å². The lowest BCUT2D eigenvalue weighted by Gasteiger charge is -2.11. The van der Waals surface area contributed by atoms with Gasteiger partial charge in [-0.3, -0.25) is 9.36 Å². The molecule has 0 fully saturated rings. The Bertz CT molecular complexity index is 771. The zero-order chi connectivity index (χ0) is 16.1. The molecule has 0 aliphatic heterocycles. The number of hydrogen-bond acceptors (Lipinski definition) is 4. The summed E-state index contributed by atoms with van der Waals surface area (Å²) in [6.07, 6.45) is 2.97. The molecule has 2 rings (SSSR count). The second-order valence-corrected chi connectivity index (χ2v) is 6.41. The minimum absolute atomic E-state index is 0.101. The maximum atomic E-state index is 12.6. The number of carbonyl (C=O) groups is 1. The van der Waals surface area contributed by atoms with Crippen LogP contribution in [0.5, 0.6) is 0 Å². The number of carbonyl (C=O) groups excluding carboxylic acids is 1. The molecule has 0 aliphatic carbocycles. The molecule has 1 aromatic heterocycles. The summed E-state index contributed by atoms with van der Waals surface area (Å²) in [5.74, 6) is 0.900. The number of thioether (sulfide) groups is 1. The van der Waals surface area contributed by atoms with Crippen molar-refractivity contribution in [2.24, 2.45) is 0 Å². The third kappa shape index (κ3) is 3.99. The fourth-order valence-corrected chi connectivity index (χ4v) is 3.17. The van der Waals surface area contributed by atoms with Crippen LogP contribution in [-0.2, 0) is 11.3 Å². The highest BCUT2D eigenvalue weighted by Gasteiger charge is 2.11. The molecule has 0 spiro atoms. The number of nitrogens with zero attached hydrogens (tertiary/aromatic N) is 2. The first-order valence-electron chi connectivity index (χ1n) is 6.96. The van der Waals surface area contributed by atoms with Gasteiger partial charge >= 0.3 is 0 Å². The summed E-state index contributed by atoms with van der Waals surface area (Å²) in [5, 5.41) is 1.72. The van der Waals surface area contributed by atoms with Crippen molar-refractivity contribution in [1.29, 1.82) is 0 Å². The van der Waals surface area contributed by atoms with Crippen LogP contribution in [0.2, 0.25) is 5.02 Å². The lowest BCUT2D eigenvalue weighted by molar-refractivity contribution is -0.117. The second kappa shape index (κ2) is 7.61. The average Bonchev–Trinajstić information content (AvgIpc) is 2.46. The van der Waals surface area contributed by atoms with Crippen LogP contribution in [-0.4, -0.2) is 21.1 Å². The van der Waals surface area contributed by atoms with Crippen LogP contribution in [0.4, 0.5) is 0 Å². The van der Waals surface area contributed by atoms with E-state index in [1.165, 1.54) is 11.8 Å². The Balaban J connectivity index is 2.37. The predicted octanol–water partition coefficient (Wildman–Crippen LogP) is 3.70. The summed E-state index contributed by atoms with van der Waals surface area (Å²) in [4.78, 5) is 28.1. The molecule has 22 heavy (non-hydrogen) atoms. The molecule has 0 aliphatic rings. The molecule has 4 nitrogen and oxygen atoms in total. The molecule has 1 heterocycles. The van der Waals surface area contributed by atoms with Gasteiger partial charge in [0.15, 0.2) is 5.16 Å². The highest BCUT2D eigenvalue weighted by Crippen LogP contribution is 2.21. The fraction of sp³-hybridized carbons (Fsp3) is 0.312. The van der Waals surface area contributed by atoms with Crippen LogP contribution in [0.1, 0.15) is 19.8 Å². The Morgan fingerprint density at radius 1 is 1.50 bits per heavy atom. The number of allylic oxidation sites excluding steroid dienone is 1. The van der Waals surface area contributed by atoms with Gasteiger partial charge in [0.25, 0.3) is 5.56 Å². The van der Waals surface area contributed by atoms with E-state index >= 15 is 0 Å². The first-order chi connectivity index (χ1) is 10.5. The number of halogens is 1. The minimum Gasteiger partial charge on any atom is -0.300 e. The van der Waals surface area contributed by atoms with Gasteiger partial charge in [-0.25, -0.2) is 4.98 Å². The molecule has 2 aromatic rings. The van der Waals surface area contributed by atoms with Crippen molar-refractivity contribution >= 4 is 40.0 Å². The Labute approximate surface area is 138 Å². The molecule has 0 amide bonds. The van der Waals surface area contributed by atoms with Crippen molar-refractivity contribution < 1.29 is 4.79 Å². The highest BCUT2D eigenvalue weighted by atomic mass is 35.5. The number of rotatable bonds is 7. The van der Waals surface area contributed by atoms with E-state index in [0.717, 1.165) is 12.2 Å². The fourth-order valence-electron chi connectivity index (χ4n) is 2.06. The van der Waals surface area contributed by atoms with Crippen molar-refractivity contribution in [1.82, 2.24) is 9.55 Å². The molecule has 6 heteroatoms. The molecule has 0 saturated heterocycles. The molecule has 116 valence electrons. The van der Waals surface area contributed by atoms with E-state index in [2.05, 4.69) is 11.6 Å². The van der Waals surface area contributed by atoms with E-state index in [1.807, 2.05) is 0 Å². The predicted molar refractivity (Wildman–Crippen MR) is 91.8 cm³/mol. The van der Waals surface area contributed by atoms with Gasteiger partial charge in [0.1, 0.15) is 5.78 Å². The van der Waals surface area contributed by atoms with Crippen LogP contribution in [0.25, 0.3) is 10.9 Å². The number of hydrogen-bond donors (Lipinski definition) is 0. The molecule has 0 radical (unpaired) electrons. The van der Waals surface area contributed by atoms with Gasteiger partial charge in [0.05, 0.1) is 10.9 Å². The van der Waals surface area contributed by atoms with Crippen molar-refractivity contribution in [2.75, 3.05) is 5.75 Å².